The highest BCUT2D eigenvalue weighted by atomic mass is 16.5. The summed E-state index contributed by atoms with van der Waals surface area (Å²) in [6, 6.07) is 8.76. The van der Waals surface area contributed by atoms with Gasteiger partial charge in [0.05, 0.1) is 24.7 Å². The number of ether oxygens (including phenoxy) is 1. The van der Waals surface area contributed by atoms with Crippen molar-refractivity contribution in [3.8, 4) is 6.07 Å². The third-order valence-electron chi connectivity index (χ3n) is 2.58. The number of anilines is 1. The van der Waals surface area contributed by atoms with E-state index < -0.39 is 0 Å². The second-order valence-corrected chi connectivity index (χ2v) is 3.92. The summed E-state index contributed by atoms with van der Waals surface area (Å²) in [6.45, 7) is 2.03. The first kappa shape index (κ1) is 14.7. The molecule has 0 heterocycles. The van der Waals surface area contributed by atoms with Gasteiger partial charge in [-0.15, -0.1) is 0 Å². The molecule has 0 atom stereocenters. The van der Waals surface area contributed by atoms with Crippen LogP contribution in [0.1, 0.15) is 25.3 Å². The largest absolute Gasteiger partial charge is 0.466 e. The molecule has 0 fully saturated rings. The third kappa shape index (κ3) is 4.43. The lowest BCUT2D eigenvalue weighted by Gasteiger charge is -2.17. The zero-order valence-electron chi connectivity index (χ0n) is 11.0. The summed E-state index contributed by atoms with van der Waals surface area (Å²) < 4.78 is 4.76. The van der Waals surface area contributed by atoms with Crippen molar-refractivity contribution in [2.24, 2.45) is 0 Å². The Labute approximate surface area is 112 Å². The molecule has 1 rings (SSSR count). The van der Waals surface area contributed by atoms with Crippen molar-refractivity contribution in [3.05, 3.63) is 29.8 Å². The SMILES string of the molecule is CCOC(=O)CCC(=O)N(C)c1cccc(C#N)c1. The Morgan fingerprint density at radius 1 is 1.37 bits per heavy atom. The summed E-state index contributed by atoms with van der Waals surface area (Å²) in [4.78, 5) is 24.5. The highest BCUT2D eigenvalue weighted by Gasteiger charge is 2.13. The molecule has 0 aromatic heterocycles. The van der Waals surface area contributed by atoms with Crippen LogP contribution in [0, 0.1) is 11.3 Å². The lowest BCUT2D eigenvalue weighted by Crippen LogP contribution is -2.26. The number of carbonyl (C=O) groups excluding carboxylic acids is 2. The van der Waals surface area contributed by atoms with E-state index in [1.165, 1.54) is 4.90 Å². The first-order chi connectivity index (χ1) is 9.08. The maximum Gasteiger partial charge on any atom is 0.306 e. The molecule has 19 heavy (non-hydrogen) atoms. The molecule has 1 amide bonds. The summed E-state index contributed by atoms with van der Waals surface area (Å²) in [6.07, 6.45) is 0.154. The maximum absolute atomic E-state index is 11.9. The van der Waals surface area contributed by atoms with Gasteiger partial charge in [-0.1, -0.05) is 6.07 Å². The minimum atomic E-state index is -0.380. The van der Waals surface area contributed by atoms with Crippen LogP contribution in [-0.4, -0.2) is 25.5 Å². The third-order valence-corrected chi connectivity index (χ3v) is 2.58. The van der Waals surface area contributed by atoms with Crippen molar-refractivity contribution < 1.29 is 14.3 Å². The standard InChI is InChI=1S/C14H16N2O3/c1-3-19-14(18)8-7-13(17)16(2)12-6-4-5-11(9-12)10-15/h4-6,9H,3,7-8H2,1-2H3. The van der Waals surface area contributed by atoms with Gasteiger partial charge in [-0.05, 0) is 25.1 Å². The Hall–Kier alpha value is -2.35. The number of carbonyl (C=O) groups is 2. The van der Waals surface area contributed by atoms with Crippen LogP contribution in [0.5, 0.6) is 0 Å². The summed E-state index contributed by atoms with van der Waals surface area (Å²) >= 11 is 0. The molecule has 0 unspecified atom stereocenters. The fraction of sp³-hybridized carbons (Fsp3) is 0.357. The van der Waals surface area contributed by atoms with Crippen molar-refractivity contribution in [2.45, 2.75) is 19.8 Å². The van der Waals surface area contributed by atoms with Crippen molar-refractivity contribution in [1.29, 1.82) is 5.26 Å². The van der Waals surface area contributed by atoms with E-state index in [0.717, 1.165) is 0 Å². The molecule has 0 aliphatic heterocycles. The number of rotatable bonds is 5. The molecule has 0 aliphatic rings. The van der Waals surface area contributed by atoms with E-state index in [1.807, 2.05) is 6.07 Å². The van der Waals surface area contributed by atoms with Crippen molar-refractivity contribution in [2.75, 3.05) is 18.6 Å². The monoisotopic (exact) mass is 260 g/mol. The van der Waals surface area contributed by atoms with Crippen LogP contribution < -0.4 is 4.90 Å². The topological polar surface area (TPSA) is 70.4 Å². The van der Waals surface area contributed by atoms with Crippen LogP contribution in [0.4, 0.5) is 5.69 Å². The lowest BCUT2D eigenvalue weighted by molar-refractivity contribution is -0.144. The van der Waals surface area contributed by atoms with E-state index >= 15 is 0 Å². The van der Waals surface area contributed by atoms with Gasteiger partial charge in [0.1, 0.15) is 0 Å². The van der Waals surface area contributed by atoms with Gasteiger partial charge in [0.25, 0.3) is 0 Å². The Kier molecular flexibility index (Phi) is 5.55. The fourth-order valence-electron chi connectivity index (χ4n) is 1.54. The minimum absolute atomic E-state index is 0.0644. The van der Waals surface area contributed by atoms with Gasteiger partial charge in [-0.25, -0.2) is 0 Å². The van der Waals surface area contributed by atoms with Gasteiger partial charge in [0.2, 0.25) is 5.91 Å². The van der Waals surface area contributed by atoms with Crippen molar-refractivity contribution in [1.82, 2.24) is 0 Å². The van der Waals surface area contributed by atoms with Gasteiger partial charge < -0.3 is 9.64 Å². The lowest BCUT2D eigenvalue weighted by atomic mass is 10.2. The zero-order chi connectivity index (χ0) is 14.3. The summed E-state index contributed by atoms with van der Waals surface area (Å²) in [5.74, 6) is -0.571. The first-order valence-electron chi connectivity index (χ1n) is 6.00. The van der Waals surface area contributed by atoms with Gasteiger partial charge in [-0.3, -0.25) is 9.59 Å². The molecule has 0 bridgehead atoms. The number of nitrogens with zero attached hydrogens (tertiary/aromatic N) is 2. The number of esters is 1. The molecule has 0 aliphatic carbocycles. The normalized spacial score (nSPS) is 9.53. The Morgan fingerprint density at radius 2 is 2.11 bits per heavy atom. The summed E-state index contributed by atoms with van der Waals surface area (Å²) in [5, 5.41) is 8.80. The number of amides is 1. The van der Waals surface area contributed by atoms with Crippen LogP contribution in [-0.2, 0) is 14.3 Å². The molecule has 1 aromatic carbocycles. The van der Waals surface area contributed by atoms with E-state index in [1.54, 1.807) is 38.2 Å². The molecule has 0 saturated carbocycles. The van der Waals surface area contributed by atoms with Crippen LogP contribution in [0.3, 0.4) is 0 Å². The van der Waals surface area contributed by atoms with E-state index in [0.29, 0.717) is 17.9 Å². The van der Waals surface area contributed by atoms with Crippen molar-refractivity contribution >= 4 is 17.6 Å². The Morgan fingerprint density at radius 3 is 2.74 bits per heavy atom. The summed E-state index contributed by atoms with van der Waals surface area (Å²) in [5.41, 5.74) is 1.12. The van der Waals surface area contributed by atoms with Crippen molar-refractivity contribution in [3.63, 3.8) is 0 Å². The van der Waals surface area contributed by atoms with E-state index in [2.05, 4.69) is 0 Å². The zero-order valence-corrected chi connectivity index (χ0v) is 11.0. The number of hydrogen-bond donors (Lipinski definition) is 0. The number of nitriles is 1. The van der Waals surface area contributed by atoms with Gasteiger partial charge in [0.15, 0.2) is 0 Å². The second kappa shape index (κ2) is 7.17. The quantitative estimate of drug-likeness (QED) is 0.758. The molecule has 0 spiro atoms. The fourth-order valence-corrected chi connectivity index (χ4v) is 1.54. The first-order valence-corrected chi connectivity index (χ1v) is 6.00. The van der Waals surface area contributed by atoms with Crippen LogP contribution in [0.15, 0.2) is 24.3 Å². The smallest absolute Gasteiger partial charge is 0.306 e. The number of hydrogen-bond acceptors (Lipinski definition) is 4. The van der Waals surface area contributed by atoms with Gasteiger partial charge in [0, 0.05) is 19.2 Å². The molecule has 1 aromatic rings. The minimum Gasteiger partial charge on any atom is -0.466 e. The van der Waals surface area contributed by atoms with Crippen LogP contribution >= 0.6 is 0 Å². The van der Waals surface area contributed by atoms with E-state index in [9.17, 15) is 9.59 Å². The Bertz CT molecular complexity index is 506. The molecule has 5 heteroatoms. The summed E-state index contributed by atoms with van der Waals surface area (Å²) in [7, 11) is 1.62. The molecule has 0 N–H and O–H groups in total. The Balaban J connectivity index is 2.61. The molecular formula is C14H16N2O3. The average molecular weight is 260 g/mol. The highest BCUT2D eigenvalue weighted by Crippen LogP contribution is 2.15. The predicted molar refractivity (Wildman–Crippen MR) is 70.4 cm³/mol. The molecule has 5 nitrogen and oxygen atoms in total. The predicted octanol–water partition coefficient (Wildman–Crippen LogP) is 1.86. The van der Waals surface area contributed by atoms with Crippen LogP contribution in [0.2, 0.25) is 0 Å². The molecule has 0 saturated heterocycles. The van der Waals surface area contributed by atoms with E-state index in [4.69, 9.17) is 10.00 Å². The average Bonchev–Trinajstić information content (AvgIpc) is 2.44. The second-order valence-electron chi connectivity index (χ2n) is 3.92. The van der Waals surface area contributed by atoms with Crippen LogP contribution in [0.25, 0.3) is 0 Å². The van der Waals surface area contributed by atoms with Gasteiger partial charge in [-0.2, -0.15) is 5.26 Å². The molecular weight excluding hydrogens is 244 g/mol. The highest BCUT2D eigenvalue weighted by molar-refractivity contribution is 5.94. The maximum atomic E-state index is 11.9. The number of benzene rings is 1. The van der Waals surface area contributed by atoms with E-state index in [-0.39, 0.29) is 24.7 Å². The van der Waals surface area contributed by atoms with Gasteiger partial charge >= 0.3 is 5.97 Å². The molecule has 100 valence electrons. The molecule has 0 radical (unpaired) electrons.